The van der Waals surface area contributed by atoms with Gasteiger partial charge >= 0.3 is 0 Å². The third-order valence-electron chi connectivity index (χ3n) is 2.86. The Hall–Kier alpha value is -0.281. The van der Waals surface area contributed by atoms with Crippen LogP contribution in [0.4, 0.5) is 4.39 Å². The van der Waals surface area contributed by atoms with E-state index in [2.05, 4.69) is 11.4 Å². The summed E-state index contributed by atoms with van der Waals surface area (Å²) in [6, 6.07) is 7.48. The van der Waals surface area contributed by atoms with Gasteiger partial charge < -0.3 is 10.4 Å². The summed E-state index contributed by atoms with van der Waals surface area (Å²) in [5, 5.41) is 13.6. The van der Waals surface area contributed by atoms with Crippen LogP contribution in [0.25, 0.3) is 5.32 Å². The summed E-state index contributed by atoms with van der Waals surface area (Å²) in [4.78, 5) is 0. The van der Waals surface area contributed by atoms with Gasteiger partial charge in [-0.1, -0.05) is 12.8 Å². The molecule has 2 nitrogen and oxygen atoms in total. The maximum atomic E-state index is 12.7. The number of nitrogens with zero attached hydrogens (tertiary/aromatic N) is 1. The van der Waals surface area contributed by atoms with Gasteiger partial charge in [0, 0.05) is 32.5 Å². The topological polar surface area (TPSA) is 34.3 Å². The average molecular weight is 399 g/mol. The van der Waals surface area contributed by atoms with Crippen LogP contribution in [0, 0.1) is 17.8 Å². The number of rotatable bonds is 2. The van der Waals surface area contributed by atoms with E-state index in [0.717, 1.165) is 24.9 Å². The van der Waals surface area contributed by atoms with E-state index in [1.807, 2.05) is 0 Å². The zero-order valence-electron chi connectivity index (χ0n) is 8.82. The molecule has 1 radical (unpaired) electrons. The molecule has 0 aromatic heterocycles. The van der Waals surface area contributed by atoms with E-state index in [4.69, 9.17) is 5.11 Å². The van der Waals surface area contributed by atoms with Crippen LogP contribution in [0.15, 0.2) is 18.2 Å². The number of halogens is 1. The first-order valence-electron chi connectivity index (χ1n) is 5.24. The maximum Gasteiger partial charge on any atom is 0.0458 e. The Morgan fingerprint density at radius 3 is 2.94 bits per heavy atom. The third kappa shape index (κ3) is 3.36. The van der Waals surface area contributed by atoms with Gasteiger partial charge in [-0.15, -0.1) is 24.7 Å². The molecular weight excluding hydrogens is 385 g/mol. The van der Waals surface area contributed by atoms with Crippen molar-refractivity contribution < 1.29 is 29.6 Å². The third-order valence-corrected chi connectivity index (χ3v) is 2.86. The van der Waals surface area contributed by atoms with Crippen molar-refractivity contribution in [1.29, 1.82) is 0 Å². The van der Waals surface area contributed by atoms with Crippen LogP contribution in [0.5, 0.6) is 0 Å². The molecular formula is C12H14FIrNO-2. The molecule has 1 N–H and O–H groups in total. The van der Waals surface area contributed by atoms with Gasteiger partial charge in [0.2, 0.25) is 0 Å². The second-order valence-electron chi connectivity index (χ2n) is 3.96. The van der Waals surface area contributed by atoms with Crippen molar-refractivity contribution in [2.24, 2.45) is 5.92 Å². The summed E-state index contributed by atoms with van der Waals surface area (Å²) < 4.78 is 12.7. The summed E-state index contributed by atoms with van der Waals surface area (Å²) in [5.41, 5.74) is 0.926. The molecule has 1 aromatic carbocycles. The Labute approximate surface area is 109 Å². The minimum Gasteiger partial charge on any atom is -0.657 e. The monoisotopic (exact) mass is 400 g/mol. The number of hydrogen-bond donors (Lipinski definition) is 1. The van der Waals surface area contributed by atoms with Crippen molar-refractivity contribution in [3.63, 3.8) is 0 Å². The first-order chi connectivity index (χ1) is 7.29. The van der Waals surface area contributed by atoms with Crippen LogP contribution in [0.1, 0.15) is 24.4 Å². The molecule has 0 spiro atoms. The number of aliphatic hydroxyl groups excluding tert-OH is 1. The molecule has 0 bridgehead atoms. The smallest absolute Gasteiger partial charge is 0.0458 e. The number of benzene rings is 1. The first kappa shape index (κ1) is 13.8. The van der Waals surface area contributed by atoms with E-state index in [1.54, 1.807) is 6.07 Å². The van der Waals surface area contributed by atoms with E-state index in [0.29, 0.717) is 5.92 Å². The standard InChI is InChI=1S/C12H14FNO.Ir/c13-11-3-1-10(2-4-11)12-7-9(8-15)5-6-14-12;/h1,3-4,9,12,15H,5-8H2;/q-2;. The van der Waals surface area contributed by atoms with Gasteiger partial charge in [-0.2, -0.15) is 17.7 Å². The van der Waals surface area contributed by atoms with Gasteiger partial charge in [-0.05, 0) is 5.92 Å². The van der Waals surface area contributed by atoms with E-state index in [1.165, 1.54) is 12.1 Å². The van der Waals surface area contributed by atoms with Gasteiger partial charge in [0.1, 0.15) is 0 Å². The van der Waals surface area contributed by atoms with E-state index >= 15 is 0 Å². The van der Waals surface area contributed by atoms with Crippen molar-refractivity contribution in [3.8, 4) is 0 Å². The van der Waals surface area contributed by atoms with Crippen LogP contribution in [0.2, 0.25) is 0 Å². The molecule has 16 heavy (non-hydrogen) atoms. The van der Waals surface area contributed by atoms with Crippen LogP contribution >= 0.6 is 0 Å². The molecule has 1 fully saturated rings. The molecule has 2 rings (SSSR count). The van der Waals surface area contributed by atoms with Crippen LogP contribution in [-0.2, 0) is 20.1 Å². The average Bonchev–Trinajstić information content (AvgIpc) is 2.30. The van der Waals surface area contributed by atoms with Crippen molar-refractivity contribution in [2.45, 2.75) is 18.9 Å². The van der Waals surface area contributed by atoms with Crippen LogP contribution in [-0.4, -0.2) is 18.3 Å². The van der Waals surface area contributed by atoms with Crippen molar-refractivity contribution >= 4 is 0 Å². The zero-order valence-corrected chi connectivity index (χ0v) is 11.2. The fourth-order valence-electron chi connectivity index (χ4n) is 1.94. The molecule has 0 aliphatic carbocycles. The minimum absolute atomic E-state index is 0. The quantitative estimate of drug-likeness (QED) is 0.762. The molecule has 1 aliphatic rings. The van der Waals surface area contributed by atoms with Gasteiger partial charge in [0.05, 0.1) is 0 Å². The summed E-state index contributed by atoms with van der Waals surface area (Å²) in [5.74, 6) is 0.0548. The fourth-order valence-corrected chi connectivity index (χ4v) is 1.94. The Balaban J connectivity index is 0.00000128. The Bertz CT molecular complexity index is 317. The SMILES string of the molecule is OCC1CC[N-]C(c2[c-]cc(F)cc2)C1.[Ir]. The molecule has 1 aliphatic heterocycles. The second kappa shape index (κ2) is 6.45. The number of hydrogen-bond acceptors (Lipinski definition) is 1. The van der Waals surface area contributed by atoms with Crippen molar-refractivity contribution in [2.75, 3.05) is 13.2 Å². The molecule has 0 saturated carbocycles. The molecule has 1 aromatic rings. The zero-order chi connectivity index (χ0) is 10.7. The molecule has 91 valence electrons. The predicted molar refractivity (Wildman–Crippen MR) is 56.0 cm³/mol. The van der Waals surface area contributed by atoms with Crippen LogP contribution in [0.3, 0.4) is 0 Å². The van der Waals surface area contributed by atoms with Crippen molar-refractivity contribution in [3.05, 3.63) is 41.0 Å². The number of piperidine rings is 1. The Kier molecular flexibility index (Phi) is 5.56. The molecule has 0 amide bonds. The molecule has 1 heterocycles. The number of aliphatic hydroxyl groups is 1. The van der Waals surface area contributed by atoms with Gasteiger partial charge in [-0.25, -0.2) is 0 Å². The van der Waals surface area contributed by atoms with Crippen molar-refractivity contribution in [1.82, 2.24) is 0 Å². The minimum atomic E-state index is -0.270. The molecule has 2 unspecified atom stereocenters. The second-order valence-corrected chi connectivity index (χ2v) is 3.96. The summed E-state index contributed by atoms with van der Waals surface area (Å²) in [6.45, 7) is 0.994. The molecule has 2 atom stereocenters. The van der Waals surface area contributed by atoms with E-state index in [-0.39, 0.29) is 38.6 Å². The summed E-state index contributed by atoms with van der Waals surface area (Å²) in [7, 11) is 0. The normalized spacial score (nSPS) is 24.9. The fraction of sp³-hybridized carbons (Fsp3) is 0.500. The largest absolute Gasteiger partial charge is 0.657 e. The van der Waals surface area contributed by atoms with E-state index in [9.17, 15) is 4.39 Å². The Morgan fingerprint density at radius 1 is 1.50 bits per heavy atom. The maximum absolute atomic E-state index is 12.7. The van der Waals surface area contributed by atoms with Gasteiger partial charge in [-0.3, -0.25) is 4.39 Å². The molecule has 4 heteroatoms. The molecule has 1 saturated heterocycles. The summed E-state index contributed by atoms with van der Waals surface area (Å²) >= 11 is 0. The van der Waals surface area contributed by atoms with Crippen LogP contribution < -0.4 is 0 Å². The Morgan fingerprint density at radius 2 is 2.31 bits per heavy atom. The predicted octanol–water partition coefficient (Wildman–Crippen LogP) is 2.44. The summed E-state index contributed by atoms with van der Waals surface area (Å²) in [6.07, 6.45) is 1.80. The van der Waals surface area contributed by atoms with Gasteiger partial charge in [0.25, 0.3) is 0 Å². The van der Waals surface area contributed by atoms with E-state index < -0.39 is 0 Å². The first-order valence-corrected chi connectivity index (χ1v) is 5.24. The van der Waals surface area contributed by atoms with Gasteiger partial charge in [0.15, 0.2) is 0 Å².